The number of nitrogens with zero attached hydrogens (tertiary/aromatic N) is 2. The van der Waals surface area contributed by atoms with Gasteiger partial charge in [0, 0.05) is 17.0 Å². The van der Waals surface area contributed by atoms with Crippen molar-refractivity contribution in [3.63, 3.8) is 0 Å². The highest BCUT2D eigenvalue weighted by atomic mass is 16.5. The van der Waals surface area contributed by atoms with Crippen LogP contribution in [0.5, 0.6) is 5.75 Å². The molecule has 3 rings (SSSR count). The summed E-state index contributed by atoms with van der Waals surface area (Å²) in [6, 6.07) is 14.6. The van der Waals surface area contributed by atoms with Gasteiger partial charge in [0.15, 0.2) is 0 Å². The molecule has 0 fully saturated rings. The molecule has 1 atom stereocenters. The van der Waals surface area contributed by atoms with E-state index in [2.05, 4.69) is 10.4 Å². The van der Waals surface area contributed by atoms with Gasteiger partial charge in [-0.1, -0.05) is 43.3 Å². The molecule has 0 radical (unpaired) electrons. The molecule has 1 N–H and O–H groups in total. The van der Waals surface area contributed by atoms with Crippen molar-refractivity contribution in [2.24, 2.45) is 0 Å². The highest BCUT2D eigenvalue weighted by Crippen LogP contribution is 2.17. The van der Waals surface area contributed by atoms with Crippen molar-refractivity contribution in [2.45, 2.75) is 32.4 Å². The number of hydrogen-bond acceptors (Lipinski definition) is 4. The average molecular weight is 365 g/mol. The Kier molecular flexibility index (Phi) is 5.86. The molecule has 6 nitrogen and oxygen atoms in total. The van der Waals surface area contributed by atoms with Gasteiger partial charge in [0.25, 0.3) is 5.56 Å². The number of carbonyl (C=O) groups excluding carboxylic acids is 1. The third-order valence-corrected chi connectivity index (χ3v) is 4.56. The van der Waals surface area contributed by atoms with Crippen LogP contribution in [-0.4, -0.2) is 28.8 Å². The summed E-state index contributed by atoms with van der Waals surface area (Å²) >= 11 is 0. The van der Waals surface area contributed by atoms with Crippen LogP contribution in [0.1, 0.15) is 18.9 Å². The maximum absolute atomic E-state index is 12.6. The van der Waals surface area contributed by atoms with E-state index < -0.39 is 0 Å². The van der Waals surface area contributed by atoms with Gasteiger partial charge < -0.3 is 10.1 Å². The maximum atomic E-state index is 12.6. The molecule has 1 heterocycles. The molecule has 0 saturated carbocycles. The normalized spacial score (nSPS) is 11.9. The number of benzene rings is 2. The van der Waals surface area contributed by atoms with Crippen LogP contribution in [0.4, 0.5) is 0 Å². The summed E-state index contributed by atoms with van der Waals surface area (Å²) in [4.78, 5) is 25.1. The minimum absolute atomic E-state index is 0.111. The minimum Gasteiger partial charge on any atom is -0.496 e. The van der Waals surface area contributed by atoms with Gasteiger partial charge in [-0.3, -0.25) is 9.59 Å². The lowest BCUT2D eigenvalue weighted by Gasteiger charge is -2.18. The lowest BCUT2D eigenvalue weighted by Crippen LogP contribution is -2.41. The SMILES string of the molecule is CC[C@@H](Cn1ncc2ccccc2c1=O)NC(=O)Cc1ccccc1OC. The standard InChI is InChI=1S/C21H23N3O3/c1-3-17(23-20(25)12-15-8-5-7-11-19(15)27-2)14-24-21(26)18-10-6-4-9-16(18)13-22-24/h4-11,13,17H,3,12,14H2,1-2H3,(H,23,25)/t17-/m0/s1. The molecule has 0 saturated heterocycles. The number of carbonyl (C=O) groups is 1. The van der Waals surface area contributed by atoms with Gasteiger partial charge in [-0.25, -0.2) is 4.68 Å². The molecule has 0 spiro atoms. The van der Waals surface area contributed by atoms with Crippen LogP contribution in [0.15, 0.2) is 59.5 Å². The Morgan fingerprint density at radius 1 is 1.19 bits per heavy atom. The van der Waals surface area contributed by atoms with E-state index in [1.807, 2.05) is 49.4 Å². The lowest BCUT2D eigenvalue weighted by atomic mass is 10.1. The van der Waals surface area contributed by atoms with Crippen molar-refractivity contribution in [1.29, 1.82) is 0 Å². The Hall–Kier alpha value is -3.15. The quantitative estimate of drug-likeness (QED) is 0.698. The Labute approximate surface area is 157 Å². The van der Waals surface area contributed by atoms with Crippen molar-refractivity contribution in [1.82, 2.24) is 15.1 Å². The van der Waals surface area contributed by atoms with E-state index in [-0.39, 0.29) is 23.9 Å². The molecule has 2 aromatic carbocycles. The fraction of sp³-hybridized carbons (Fsp3) is 0.286. The summed E-state index contributed by atoms with van der Waals surface area (Å²) in [5.41, 5.74) is 0.680. The number of fused-ring (bicyclic) bond motifs is 1. The van der Waals surface area contributed by atoms with E-state index in [0.717, 1.165) is 10.9 Å². The molecule has 0 unspecified atom stereocenters. The highest BCUT2D eigenvalue weighted by molar-refractivity contribution is 5.80. The number of hydrogen-bond donors (Lipinski definition) is 1. The predicted octanol–water partition coefficient (Wildman–Crippen LogP) is 2.54. The Balaban J connectivity index is 1.71. The lowest BCUT2D eigenvalue weighted by molar-refractivity contribution is -0.121. The fourth-order valence-electron chi connectivity index (χ4n) is 3.04. The second-order valence-electron chi connectivity index (χ2n) is 6.38. The zero-order valence-corrected chi connectivity index (χ0v) is 15.5. The van der Waals surface area contributed by atoms with Crippen LogP contribution in [0.25, 0.3) is 10.8 Å². The van der Waals surface area contributed by atoms with Crippen molar-refractivity contribution < 1.29 is 9.53 Å². The summed E-state index contributed by atoms with van der Waals surface area (Å²) in [6.45, 7) is 2.30. The third-order valence-electron chi connectivity index (χ3n) is 4.56. The molecular weight excluding hydrogens is 342 g/mol. The molecule has 0 aliphatic carbocycles. The maximum Gasteiger partial charge on any atom is 0.274 e. The number of ether oxygens (including phenoxy) is 1. The monoisotopic (exact) mass is 365 g/mol. The van der Waals surface area contributed by atoms with Gasteiger partial charge in [-0.2, -0.15) is 5.10 Å². The smallest absolute Gasteiger partial charge is 0.274 e. The molecule has 1 amide bonds. The van der Waals surface area contributed by atoms with Gasteiger partial charge in [0.05, 0.1) is 31.7 Å². The molecule has 1 aromatic heterocycles. The first-order chi connectivity index (χ1) is 13.1. The fourth-order valence-corrected chi connectivity index (χ4v) is 3.04. The zero-order valence-electron chi connectivity index (χ0n) is 15.5. The van der Waals surface area contributed by atoms with E-state index in [1.165, 1.54) is 4.68 Å². The van der Waals surface area contributed by atoms with Crippen LogP contribution in [0.3, 0.4) is 0 Å². The zero-order chi connectivity index (χ0) is 19.2. The first-order valence-corrected chi connectivity index (χ1v) is 8.98. The highest BCUT2D eigenvalue weighted by Gasteiger charge is 2.15. The first-order valence-electron chi connectivity index (χ1n) is 8.98. The second kappa shape index (κ2) is 8.49. The summed E-state index contributed by atoms with van der Waals surface area (Å²) < 4.78 is 6.71. The summed E-state index contributed by atoms with van der Waals surface area (Å²) in [5.74, 6) is 0.577. The average Bonchev–Trinajstić information content (AvgIpc) is 2.70. The van der Waals surface area contributed by atoms with Gasteiger partial charge in [0.1, 0.15) is 5.75 Å². The van der Waals surface area contributed by atoms with Gasteiger partial charge in [-0.05, 0) is 18.6 Å². The van der Waals surface area contributed by atoms with Crippen molar-refractivity contribution in [3.8, 4) is 5.75 Å². The van der Waals surface area contributed by atoms with Crippen molar-refractivity contribution >= 4 is 16.7 Å². The summed E-state index contributed by atoms with van der Waals surface area (Å²) in [7, 11) is 1.59. The van der Waals surface area contributed by atoms with Crippen molar-refractivity contribution in [3.05, 3.63) is 70.6 Å². The number of para-hydroxylation sites is 1. The van der Waals surface area contributed by atoms with E-state index in [4.69, 9.17) is 4.74 Å². The number of amides is 1. The first kappa shape index (κ1) is 18.6. The topological polar surface area (TPSA) is 73.2 Å². The molecule has 0 bridgehead atoms. The Bertz CT molecular complexity index is 997. The molecule has 27 heavy (non-hydrogen) atoms. The van der Waals surface area contributed by atoms with Crippen LogP contribution in [0.2, 0.25) is 0 Å². The molecule has 3 aromatic rings. The molecule has 6 heteroatoms. The largest absolute Gasteiger partial charge is 0.496 e. The summed E-state index contributed by atoms with van der Waals surface area (Å²) in [5, 5.41) is 8.68. The molecule has 0 aliphatic rings. The van der Waals surface area contributed by atoms with Crippen LogP contribution in [0, 0.1) is 0 Å². The van der Waals surface area contributed by atoms with Crippen LogP contribution >= 0.6 is 0 Å². The van der Waals surface area contributed by atoms with Crippen LogP contribution < -0.4 is 15.6 Å². The minimum atomic E-state index is -0.182. The summed E-state index contributed by atoms with van der Waals surface area (Å²) in [6.07, 6.45) is 2.60. The van der Waals surface area contributed by atoms with E-state index in [0.29, 0.717) is 24.1 Å². The number of aromatic nitrogens is 2. The van der Waals surface area contributed by atoms with Gasteiger partial charge in [-0.15, -0.1) is 0 Å². The molecular formula is C21H23N3O3. The van der Waals surface area contributed by atoms with Gasteiger partial charge >= 0.3 is 0 Å². The number of nitrogens with one attached hydrogen (secondary N) is 1. The Morgan fingerprint density at radius 3 is 2.70 bits per heavy atom. The van der Waals surface area contributed by atoms with E-state index in [1.54, 1.807) is 19.4 Å². The van der Waals surface area contributed by atoms with Gasteiger partial charge in [0.2, 0.25) is 5.91 Å². The van der Waals surface area contributed by atoms with Crippen molar-refractivity contribution in [2.75, 3.05) is 7.11 Å². The molecule has 140 valence electrons. The number of methoxy groups -OCH3 is 1. The predicted molar refractivity (Wildman–Crippen MR) is 105 cm³/mol. The number of rotatable bonds is 7. The van der Waals surface area contributed by atoms with E-state index in [9.17, 15) is 9.59 Å². The van der Waals surface area contributed by atoms with E-state index >= 15 is 0 Å². The third kappa shape index (κ3) is 4.34. The molecule has 0 aliphatic heterocycles. The Morgan fingerprint density at radius 2 is 1.93 bits per heavy atom. The second-order valence-corrected chi connectivity index (χ2v) is 6.38. The van der Waals surface area contributed by atoms with Crippen LogP contribution in [-0.2, 0) is 17.8 Å².